The lowest BCUT2D eigenvalue weighted by atomic mass is 9.97. The van der Waals surface area contributed by atoms with E-state index in [0.717, 1.165) is 41.5 Å². The molecular weight excluding hydrogens is 474 g/mol. The topological polar surface area (TPSA) is 90.5 Å². The van der Waals surface area contributed by atoms with Gasteiger partial charge in [-0.15, -0.1) is 16.4 Å². The minimum atomic E-state index is -0.358. The third-order valence-electron chi connectivity index (χ3n) is 6.54. The van der Waals surface area contributed by atoms with Gasteiger partial charge in [-0.05, 0) is 48.9 Å². The molecule has 0 aliphatic heterocycles. The zero-order chi connectivity index (χ0) is 24.6. The van der Waals surface area contributed by atoms with Gasteiger partial charge < -0.3 is 10.1 Å². The van der Waals surface area contributed by atoms with Gasteiger partial charge in [0.1, 0.15) is 17.1 Å². The number of nitrogens with one attached hydrogen (secondary N) is 1. The maximum atomic E-state index is 13.6. The van der Waals surface area contributed by atoms with Crippen molar-refractivity contribution in [2.75, 3.05) is 12.4 Å². The zero-order valence-electron chi connectivity index (χ0n) is 19.9. The van der Waals surface area contributed by atoms with E-state index < -0.39 is 0 Å². The SMILES string of the molecule is COc1cccc(NC(=O)Cn2c(=O)n3nc(Cc4ccccc4)nc3c3c4c(sc32)CCCC4)c1. The normalized spacial score (nSPS) is 13.1. The maximum Gasteiger partial charge on any atom is 0.352 e. The highest BCUT2D eigenvalue weighted by molar-refractivity contribution is 7.19. The lowest BCUT2D eigenvalue weighted by Gasteiger charge is -2.11. The predicted octanol–water partition coefficient (Wildman–Crippen LogP) is 4.22. The number of amides is 1. The molecule has 8 nitrogen and oxygen atoms in total. The van der Waals surface area contributed by atoms with Crippen molar-refractivity contribution in [3.63, 3.8) is 0 Å². The highest BCUT2D eigenvalue weighted by atomic mass is 32.1. The zero-order valence-corrected chi connectivity index (χ0v) is 20.7. The smallest absolute Gasteiger partial charge is 0.352 e. The fourth-order valence-electron chi connectivity index (χ4n) is 4.86. The number of anilines is 1. The van der Waals surface area contributed by atoms with Gasteiger partial charge in [0.2, 0.25) is 5.91 Å². The lowest BCUT2D eigenvalue weighted by Crippen LogP contribution is -2.32. The molecule has 3 heterocycles. The van der Waals surface area contributed by atoms with Crippen LogP contribution in [0.4, 0.5) is 5.69 Å². The van der Waals surface area contributed by atoms with Crippen LogP contribution in [0.3, 0.4) is 0 Å². The summed E-state index contributed by atoms with van der Waals surface area (Å²) in [5.41, 5.74) is 3.16. The number of carbonyl (C=O) groups excluding carboxylic acids is 1. The molecule has 0 fully saturated rings. The van der Waals surface area contributed by atoms with Gasteiger partial charge in [-0.25, -0.2) is 9.78 Å². The minimum Gasteiger partial charge on any atom is -0.497 e. The Labute approximate surface area is 211 Å². The molecule has 0 spiro atoms. The van der Waals surface area contributed by atoms with Crippen molar-refractivity contribution in [3.8, 4) is 5.75 Å². The van der Waals surface area contributed by atoms with Gasteiger partial charge in [-0.2, -0.15) is 4.52 Å². The molecule has 5 aromatic rings. The summed E-state index contributed by atoms with van der Waals surface area (Å²) in [4.78, 5) is 33.6. The Hall–Kier alpha value is -3.98. The van der Waals surface area contributed by atoms with Gasteiger partial charge in [0.05, 0.1) is 12.5 Å². The first kappa shape index (κ1) is 22.5. The molecule has 0 unspecified atom stereocenters. The quantitative estimate of drug-likeness (QED) is 0.378. The van der Waals surface area contributed by atoms with Crippen LogP contribution in [0.2, 0.25) is 0 Å². The van der Waals surface area contributed by atoms with E-state index in [1.54, 1.807) is 35.1 Å². The molecule has 0 saturated heterocycles. The van der Waals surface area contributed by atoms with E-state index in [1.807, 2.05) is 42.5 Å². The molecule has 3 aromatic heterocycles. The third-order valence-corrected chi connectivity index (χ3v) is 7.86. The van der Waals surface area contributed by atoms with E-state index in [-0.39, 0.29) is 18.1 Å². The van der Waals surface area contributed by atoms with Crippen molar-refractivity contribution >= 4 is 38.8 Å². The number of hydrogen-bond donors (Lipinski definition) is 1. The summed E-state index contributed by atoms with van der Waals surface area (Å²) in [5, 5.41) is 8.43. The number of rotatable bonds is 6. The largest absolute Gasteiger partial charge is 0.497 e. The molecule has 0 radical (unpaired) electrons. The molecule has 6 rings (SSSR count). The number of carbonyl (C=O) groups is 1. The first-order valence-electron chi connectivity index (χ1n) is 12.0. The van der Waals surface area contributed by atoms with Crippen LogP contribution in [-0.4, -0.2) is 32.2 Å². The Balaban J connectivity index is 1.44. The second-order valence-electron chi connectivity index (χ2n) is 8.97. The number of fused-ring (bicyclic) bond motifs is 5. The molecule has 1 aliphatic carbocycles. The Morgan fingerprint density at radius 3 is 2.78 bits per heavy atom. The van der Waals surface area contributed by atoms with Crippen molar-refractivity contribution in [3.05, 3.63) is 86.9 Å². The van der Waals surface area contributed by atoms with E-state index in [1.165, 1.54) is 15.0 Å². The summed E-state index contributed by atoms with van der Waals surface area (Å²) in [5.74, 6) is 0.948. The average molecular weight is 500 g/mol. The Morgan fingerprint density at radius 1 is 1.11 bits per heavy atom. The predicted molar refractivity (Wildman–Crippen MR) is 140 cm³/mol. The van der Waals surface area contributed by atoms with Gasteiger partial charge in [0.25, 0.3) is 0 Å². The molecule has 0 bridgehead atoms. The summed E-state index contributed by atoms with van der Waals surface area (Å²) < 4.78 is 8.17. The van der Waals surface area contributed by atoms with Gasteiger partial charge >= 0.3 is 5.69 Å². The fraction of sp³-hybridized carbons (Fsp3) is 0.259. The number of aromatic nitrogens is 4. The van der Waals surface area contributed by atoms with E-state index in [4.69, 9.17) is 9.72 Å². The van der Waals surface area contributed by atoms with Gasteiger partial charge in [0, 0.05) is 23.1 Å². The monoisotopic (exact) mass is 499 g/mol. The summed E-state index contributed by atoms with van der Waals surface area (Å²) in [6.45, 7) is -0.115. The lowest BCUT2D eigenvalue weighted by molar-refractivity contribution is -0.116. The van der Waals surface area contributed by atoms with Crippen molar-refractivity contribution in [1.29, 1.82) is 0 Å². The number of benzene rings is 2. The van der Waals surface area contributed by atoms with E-state index in [0.29, 0.717) is 29.3 Å². The number of hydrogen-bond acceptors (Lipinski definition) is 6. The maximum absolute atomic E-state index is 13.6. The van der Waals surface area contributed by atoms with Gasteiger partial charge in [-0.3, -0.25) is 9.36 Å². The van der Waals surface area contributed by atoms with Crippen LogP contribution in [0.1, 0.15) is 34.7 Å². The highest BCUT2D eigenvalue weighted by Gasteiger charge is 2.25. The van der Waals surface area contributed by atoms with Crippen LogP contribution in [0, 0.1) is 0 Å². The van der Waals surface area contributed by atoms with Crippen LogP contribution >= 0.6 is 11.3 Å². The van der Waals surface area contributed by atoms with Crippen LogP contribution in [0.5, 0.6) is 5.75 Å². The van der Waals surface area contributed by atoms with E-state index >= 15 is 0 Å². The van der Waals surface area contributed by atoms with Crippen molar-refractivity contribution in [2.24, 2.45) is 0 Å². The van der Waals surface area contributed by atoms with Crippen molar-refractivity contribution in [2.45, 2.75) is 38.6 Å². The molecule has 0 atom stereocenters. The summed E-state index contributed by atoms with van der Waals surface area (Å²) in [6.07, 6.45) is 4.69. The van der Waals surface area contributed by atoms with Crippen molar-refractivity contribution < 1.29 is 9.53 Å². The first-order chi connectivity index (χ1) is 17.6. The highest BCUT2D eigenvalue weighted by Crippen LogP contribution is 2.37. The first-order valence-corrected chi connectivity index (χ1v) is 12.8. The molecule has 36 heavy (non-hydrogen) atoms. The molecule has 1 amide bonds. The second kappa shape index (κ2) is 9.23. The summed E-state index contributed by atoms with van der Waals surface area (Å²) in [6, 6.07) is 17.1. The molecule has 1 aliphatic rings. The Bertz CT molecular complexity index is 1650. The fourth-order valence-corrected chi connectivity index (χ4v) is 6.24. The van der Waals surface area contributed by atoms with E-state index in [2.05, 4.69) is 10.4 Å². The van der Waals surface area contributed by atoms with Crippen LogP contribution < -0.4 is 15.7 Å². The van der Waals surface area contributed by atoms with E-state index in [9.17, 15) is 9.59 Å². The molecule has 0 saturated carbocycles. The van der Waals surface area contributed by atoms with Crippen LogP contribution in [-0.2, 0) is 30.6 Å². The average Bonchev–Trinajstić information content (AvgIpc) is 3.49. The molecule has 2 aromatic carbocycles. The summed E-state index contributed by atoms with van der Waals surface area (Å²) >= 11 is 1.60. The third kappa shape index (κ3) is 4.05. The van der Waals surface area contributed by atoms with Gasteiger partial charge in [0.15, 0.2) is 11.5 Å². The molecule has 182 valence electrons. The summed E-state index contributed by atoms with van der Waals surface area (Å²) in [7, 11) is 1.58. The number of thiophene rings is 1. The minimum absolute atomic E-state index is 0.115. The number of aryl methyl sites for hydroxylation is 2. The molecule has 9 heteroatoms. The number of ether oxygens (including phenoxy) is 1. The molecular formula is C27H25N5O3S. The number of nitrogens with zero attached hydrogens (tertiary/aromatic N) is 4. The Kier molecular flexibility index (Phi) is 5.77. The second-order valence-corrected chi connectivity index (χ2v) is 10.0. The van der Waals surface area contributed by atoms with Crippen LogP contribution in [0.25, 0.3) is 15.9 Å². The van der Waals surface area contributed by atoms with Gasteiger partial charge in [-0.1, -0.05) is 36.4 Å². The van der Waals surface area contributed by atoms with Crippen molar-refractivity contribution in [1.82, 2.24) is 19.2 Å². The Morgan fingerprint density at radius 2 is 1.94 bits per heavy atom. The molecule has 1 N–H and O–H groups in total. The standard InChI is InChI=1S/C27H25N5O3S/c1-35-19-11-7-10-18(15-19)28-23(33)16-31-26-24(20-12-5-6-13-21(20)36-26)25-29-22(30-32(25)27(31)34)14-17-8-3-2-4-9-17/h2-4,7-11,15H,5-6,12-14,16H2,1H3,(H,28,33). The van der Waals surface area contributed by atoms with Crippen LogP contribution in [0.15, 0.2) is 59.4 Å². The number of methoxy groups -OCH3 is 1.